The second kappa shape index (κ2) is 6.73. The first kappa shape index (κ1) is 13.3. The molecule has 0 saturated heterocycles. The summed E-state index contributed by atoms with van der Waals surface area (Å²) in [6.07, 6.45) is 1.07. The van der Waals surface area contributed by atoms with Crippen LogP contribution in [-0.2, 0) is 0 Å². The molecule has 0 radical (unpaired) electrons. The number of benzene rings is 1. The summed E-state index contributed by atoms with van der Waals surface area (Å²) in [4.78, 5) is 9.10. The van der Waals surface area contributed by atoms with E-state index in [-0.39, 0.29) is 0 Å². The molecule has 0 saturated carbocycles. The Labute approximate surface area is 114 Å². The third kappa shape index (κ3) is 3.68. The van der Waals surface area contributed by atoms with E-state index in [1.54, 1.807) is 0 Å². The molecule has 1 heterocycles. The van der Waals surface area contributed by atoms with Crippen molar-refractivity contribution in [2.24, 2.45) is 0 Å². The van der Waals surface area contributed by atoms with Crippen molar-refractivity contribution in [1.82, 2.24) is 9.97 Å². The number of rotatable bonds is 6. The van der Waals surface area contributed by atoms with Crippen LogP contribution in [0.25, 0.3) is 11.4 Å². The summed E-state index contributed by atoms with van der Waals surface area (Å²) in [5.74, 6) is 2.47. The highest BCUT2D eigenvalue weighted by Crippen LogP contribution is 2.19. The topological polar surface area (TPSA) is 49.8 Å². The van der Waals surface area contributed by atoms with Crippen LogP contribution in [0.3, 0.4) is 0 Å². The maximum Gasteiger partial charge on any atom is 0.163 e. The third-order valence-corrected chi connectivity index (χ3v) is 2.67. The molecular formula is C15H20N4. The quantitative estimate of drug-likeness (QED) is 0.831. The molecule has 4 nitrogen and oxygen atoms in total. The Morgan fingerprint density at radius 2 is 1.63 bits per heavy atom. The molecule has 0 amide bonds. The normalized spacial score (nSPS) is 10.2. The van der Waals surface area contributed by atoms with Gasteiger partial charge < -0.3 is 10.6 Å². The van der Waals surface area contributed by atoms with E-state index in [9.17, 15) is 0 Å². The van der Waals surface area contributed by atoms with Crippen LogP contribution in [0.4, 0.5) is 11.6 Å². The van der Waals surface area contributed by atoms with Gasteiger partial charge in [-0.2, -0.15) is 0 Å². The fraction of sp³-hybridized carbons (Fsp3) is 0.333. The molecule has 2 aromatic rings. The maximum atomic E-state index is 4.56. The Morgan fingerprint density at radius 1 is 0.947 bits per heavy atom. The Balaban J connectivity index is 2.33. The van der Waals surface area contributed by atoms with Gasteiger partial charge in [0.05, 0.1) is 0 Å². The van der Waals surface area contributed by atoms with Crippen molar-refractivity contribution < 1.29 is 0 Å². The molecule has 2 rings (SSSR count). The lowest BCUT2D eigenvalue weighted by Gasteiger charge is -2.10. The lowest BCUT2D eigenvalue weighted by molar-refractivity contribution is 0.965. The van der Waals surface area contributed by atoms with E-state index in [2.05, 4.69) is 34.4 Å². The zero-order valence-corrected chi connectivity index (χ0v) is 11.5. The van der Waals surface area contributed by atoms with E-state index in [4.69, 9.17) is 0 Å². The molecule has 100 valence electrons. The molecule has 0 aliphatic carbocycles. The van der Waals surface area contributed by atoms with Crippen molar-refractivity contribution in [2.75, 3.05) is 23.7 Å². The summed E-state index contributed by atoms with van der Waals surface area (Å²) in [6, 6.07) is 12.0. The number of nitrogens with zero attached hydrogens (tertiary/aromatic N) is 2. The van der Waals surface area contributed by atoms with Crippen LogP contribution < -0.4 is 10.6 Å². The summed E-state index contributed by atoms with van der Waals surface area (Å²) in [6.45, 7) is 5.95. The highest BCUT2D eigenvalue weighted by Gasteiger charge is 2.05. The Morgan fingerprint density at radius 3 is 2.26 bits per heavy atom. The van der Waals surface area contributed by atoms with Gasteiger partial charge in [-0.3, -0.25) is 0 Å². The molecule has 19 heavy (non-hydrogen) atoms. The van der Waals surface area contributed by atoms with E-state index >= 15 is 0 Å². The van der Waals surface area contributed by atoms with E-state index in [0.29, 0.717) is 0 Å². The molecule has 0 unspecified atom stereocenters. The number of hydrogen-bond acceptors (Lipinski definition) is 4. The molecule has 0 aliphatic heterocycles. The molecule has 1 aromatic carbocycles. The monoisotopic (exact) mass is 256 g/mol. The molecule has 0 fully saturated rings. The average molecular weight is 256 g/mol. The fourth-order valence-electron chi connectivity index (χ4n) is 1.78. The second-order valence-corrected chi connectivity index (χ2v) is 4.29. The number of hydrogen-bond donors (Lipinski definition) is 2. The van der Waals surface area contributed by atoms with Gasteiger partial charge in [0.2, 0.25) is 0 Å². The summed E-state index contributed by atoms with van der Waals surface area (Å²) in [5, 5.41) is 6.56. The van der Waals surface area contributed by atoms with E-state index in [0.717, 1.165) is 42.5 Å². The van der Waals surface area contributed by atoms with Crippen LogP contribution >= 0.6 is 0 Å². The number of nitrogens with one attached hydrogen (secondary N) is 2. The van der Waals surface area contributed by atoms with Gasteiger partial charge in [0, 0.05) is 24.7 Å². The van der Waals surface area contributed by atoms with Crippen molar-refractivity contribution in [1.29, 1.82) is 0 Å². The predicted molar refractivity (Wildman–Crippen MR) is 80.4 cm³/mol. The van der Waals surface area contributed by atoms with Crippen LogP contribution in [0.2, 0.25) is 0 Å². The summed E-state index contributed by atoms with van der Waals surface area (Å²) >= 11 is 0. The molecule has 1 aromatic heterocycles. The standard InChI is InChI=1S/C15H20N4/c1-3-10-17-14-11-13(16-4-2)18-15(19-14)12-8-6-5-7-9-12/h5-9,11H,3-4,10H2,1-2H3,(H2,16,17,18,19). The predicted octanol–water partition coefficient (Wildman–Crippen LogP) is 3.40. The minimum absolute atomic E-state index is 0.748. The van der Waals surface area contributed by atoms with Gasteiger partial charge >= 0.3 is 0 Å². The van der Waals surface area contributed by atoms with Crippen molar-refractivity contribution in [3.8, 4) is 11.4 Å². The summed E-state index contributed by atoms with van der Waals surface area (Å²) in [7, 11) is 0. The Kier molecular flexibility index (Phi) is 4.72. The van der Waals surface area contributed by atoms with Gasteiger partial charge in [-0.1, -0.05) is 37.3 Å². The zero-order valence-electron chi connectivity index (χ0n) is 11.5. The SMILES string of the molecule is CCCNc1cc(NCC)nc(-c2ccccc2)n1. The fourth-order valence-corrected chi connectivity index (χ4v) is 1.78. The highest BCUT2D eigenvalue weighted by molar-refractivity contribution is 5.61. The van der Waals surface area contributed by atoms with Gasteiger partial charge in [0.1, 0.15) is 11.6 Å². The van der Waals surface area contributed by atoms with Gasteiger partial charge in [-0.05, 0) is 13.3 Å². The molecule has 4 heteroatoms. The van der Waals surface area contributed by atoms with Gasteiger partial charge in [0.15, 0.2) is 5.82 Å². The number of aromatic nitrogens is 2. The van der Waals surface area contributed by atoms with Crippen LogP contribution in [0, 0.1) is 0 Å². The zero-order chi connectivity index (χ0) is 13.5. The first-order valence-corrected chi connectivity index (χ1v) is 6.75. The van der Waals surface area contributed by atoms with Gasteiger partial charge in [0.25, 0.3) is 0 Å². The van der Waals surface area contributed by atoms with E-state index < -0.39 is 0 Å². The Hall–Kier alpha value is -2.10. The van der Waals surface area contributed by atoms with Crippen molar-refractivity contribution in [3.05, 3.63) is 36.4 Å². The Bertz CT molecular complexity index is 511. The largest absolute Gasteiger partial charge is 0.370 e. The lowest BCUT2D eigenvalue weighted by atomic mass is 10.2. The lowest BCUT2D eigenvalue weighted by Crippen LogP contribution is -2.07. The van der Waals surface area contributed by atoms with Crippen LogP contribution in [0.1, 0.15) is 20.3 Å². The average Bonchev–Trinajstić information content (AvgIpc) is 2.46. The minimum atomic E-state index is 0.748. The third-order valence-electron chi connectivity index (χ3n) is 2.67. The first-order chi connectivity index (χ1) is 9.33. The van der Waals surface area contributed by atoms with Crippen LogP contribution in [0.15, 0.2) is 36.4 Å². The van der Waals surface area contributed by atoms with Gasteiger partial charge in [-0.25, -0.2) is 9.97 Å². The summed E-state index contributed by atoms with van der Waals surface area (Å²) in [5.41, 5.74) is 1.03. The molecule has 0 atom stereocenters. The first-order valence-electron chi connectivity index (χ1n) is 6.75. The second-order valence-electron chi connectivity index (χ2n) is 4.29. The van der Waals surface area contributed by atoms with Crippen LogP contribution in [0.5, 0.6) is 0 Å². The smallest absolute Gasteiger partial charge is 0.163 e. The van der Waals surface area contributed by atoms with Crippen molar-refractivity contribution in [3.63, 3.8) is 0 Å². The van der Waals surface area contributed by atoms with Crippen molar-refractivity contribution >= 4 is 11.6 Å². The van der Waals surface area contributed by atoms with Gasteiger partial charge in [-0.15, -0.1) is 0 Å². The van der Waals surface area contributed by atoms with Crippen LogP contribution in [-0.4, -0.2) is 23.1 Å². The molecule has 0 aliphatic rings. The van der Waals surface area contributed by atoms with Crippen molar-refractivity contribution in [2.45, 2.75) is 20.3 Å². The molecule has 2 N–H and O–H groups in total. The maximum absolute atomic E-state index is 4.56. The highest BCUT2D eigenvalue weighted by atomic mass is 15.1. The molecular weight excluding hydrogens is 236 g/mol. The number of anilines is 2. The van der Waals surface area contributed by atoms with E-state index in [1.807, 2.05) is 36.4 Å². The molecule has 0 spiro atoms. The summed E-state index contributed by atoms with van der Waals surface area (Å²) < 4.78 is 0. The molecule has 0 bridgehead atoms. The van der Waals surface area contributed by atoms with E-state index in [1.165, 1.54) is 0 Å². The minimum Gasteiger partial charge on any atom is -0.370 e.